The zero-order valence-electron chi connectivity index (χ0n) is 5.54. The van der Waals surface area contributed by atoms with Gasteiger partial charge in [0.2, 0.25) is 0 Å². The van der Waals surface area contributed by atoms with Gasteiger partial charge in [0.15, 0.2) is 0 Å². The zero-order chi connectivity index (χ0) is 6.43. The number of fused-ring (bicyclic) bond motifs is 1. The minimum atomic E-state index is 0.245. The van der Waals surface area contributed by atoms with Crippen LogP contribution in [0.25, 0.3) is 0 Å². The summed E-state index contributed by atoms with van der Waals surface area (Å²) in [6.07, 6.45) is 1.31. The van der Waals surface area contributed by atoms with Crippen molar-refractivity contribution in [3.8, 4) is 6.07 Å². The molecule has 3 atom stereocenters. The van der Waals surface area contributed by atoms with Gasteiger partial charge in [0.05, 0.1) is 6.07 Å². The van der Waals surface area contributed by atoms with Crippen LogP contribution in [0.1, 0.15) is 6.42 Å². The van der Waals surface area contributed by atoms with Crippen molar-refractivity contribution >= 4 is 0 Å². The van der Waals surface area contributed by atoms with Crippen LogP contribution in [-0.4, -0.2) is 24.5 Å². The predicted molar refractivity (Wildman–Crippen MR) is 33.6 cm³/mol. The van der Waals surface area contributed by atoms with Crippen molar-refractivity contribution in [2.45, 2.75) is 12.5 Å². The van der Waals surface area contributed by atoms with Crippen LogP contribution in [0.15, 0.2) is 0 Å². The summed E-state index contributed by atoms with van der Waals surface area (Å²) in [6.45, 7) is 1.16. The first-order valence-corrected chi connectivity index (χ1v) is 3.43. The first-order chi connectivity index (χ1) is 4.33. The van der Waals surface area contributed by atoms with Crippen LogP contribution in [0, 0.1) is 23.2 Å². The molecule has 1 saturated carbocycles. The second kappa shape index (κ2) is 1.48. The molecule has 0 bridgehead atoms. The van der Waals surface area contributed by atoms with Crippen LogP contribution in [-0.2, 0) is 0 Å². The molecule has 0 aromatic rings. The number of hydrogen-bond acceptors (Lipinski definition) is 2. The normalized spacial score (nSPS) is 48.2. The average molecular weight is 122 g/mol. The molecule has 2 fully saturated rings. The van der Waals surface area contributed by atoms with Crippen molar-refractivity contribution in [1.29, 1.82) is 5.26 Å². The smallest absolute Gasteiger partial charge is 0.101 e. The Morgan fingerprint density at radius 1 is 1.67 bits per heavy atom. The monoisotopic (exact) mass is 122 g/mol. The number of hydrogen-bond donors (Lipinski definition) is 0. The summed E-state index contributed by atoms with van der Waals surface area (Å²) in [5.41, 5.74) is 0. The van der Waals surface area contributed by atoms with E-state index < -0.39 is 0 Å². The van der Waals surface area contributed by atoms with Crippen LogP contribution >= 0.6 is 0 Å². The lowest BCUT2D eigenvalue weighted by Gasteiger charge is -2.14. The number of rotatable bonds is 0. The highest BCUT2D eigenvalue weighted by Gasteiger charge is 2.51. The van der Waals surface area contributed by atoms with E-state index in [0.29, 0.717) is 0 Å². The van der Waals surface area contributed by atoms with E-state index in [2.05, 4.69) is 11.0 Å². The molecular formula is C7H10N2. The second-order valence-electron chi connectivity index (χ2n) is 3.17. The average Bonchev–Trinajstić information content (AvgIpc) is 2.45. The molecule has 9 heavy (non-hydrogen) atoms. The van der Waals surface area contributed by atoms with Crippen molar-refractivity contribution in [1.82, 2.24) is 4.90 Å². The molecule has 48 valence electrons. The molecule has 0 amide bonds. The molecule has 1 aliphatic carbocycles. The Hall–Kier alpha value is -0.550. The van der Waals surface area contributed by atoms with E-state index in [1.165, 1.54) is 6.42 Å². The summed E-state index contributed by atoms with van der Waals surface area (Å²) in [6, 6.07) is 2.58. The zero-order valence-corrected chi connectivity index (χ0v) is 5.54. The molecule has 2 rings (SSSR count). The molecule has 0 aromatic carbocycles. The van der Waals surface area contributed by atoms with Gasteiger partial charge in [-0.25, -0.2) is 0 Å². The summed E-state index contributed by atoms with van der Waals surface area (Å²) in [7, 11) is 2.04. The Labute approximate surface area is 55.1 Å². The van der Waals surface area contributed by atoms with Gasteiger partial charge >= 0.3 is 0 Å². The largest absolute Gasteiger partial charge is 0.291 e. The Bertz CT molecular complexity index is 168. The van der Waals surface area contributed by atoms with Gasteiger partial charge in [-0.15, -0.1) is 0 Å². The molecule has 1 saturated heterocycles. The minimum absolute atomic E-state index is 0.245. The molecule has 2 unspecified atom stereocenters. The fourth-order valence-electron chi connectivity index (χ4n) is 1.87. The molecule has 1 aliphatic heterocycles. The highest BCUT2D eigenvalue weighted by molar-refractivity contribution is 5.11. The third-order valence-corrected chi connectivity index (χ3v) is 2.51. The topological polar surface area (TPSA) is 27.0 Å². The summed E-state index contributed by atoms with van der Waals surface area (Å²) in [5.74, 6) is 1.61. The van der Waals surface area contributed by atoms with Gasteiger partial charge in [-0.3, -0.25) is 4.90 Å². The number of nitrogens with zero attached hydrogens (tertiary/aromatic N) is 2. The SMILES string of the molecule is CN1CC2CC2[C@H]1C#N. The lowest BCUT2D eigenvalue weighted by molar-refractivity contribution is 0.319. The van der Waals surface area contributed by atoms with Crippen LogP contribution in [0.4, 0.5) is 0 Å². The van der Waals surface area contributed by atoms with E-state index >= 15 is 0 Å². The van der Waals surface area contributed by atoms with E-state index in [4.69, 9.17) is 5.26 Å². The quantitative estimate of drug-likeness (QED) is 0.466. The number of likely N-dealkylation sites (tertiary alicyclic amines) is 1. The lowest BCUT2D eigenvalue weighted by Crippen LogP contribution is -2.27. The van der Waals surface area contributed by atoms with Gasteiger partial charge in [0, 0.05) is 6.54 Å². The maximum absolute atomic E-state index is 8.64. The fourth-order valence-corrected chi connectivity index (χ4v) is 1.87. The van der Waals surface area contributed by atoms with Crippen LogP contribution < -0.4 is 0 Å². The Morgan fingerprint density at radius 2 is 2.44 bits per heavy atom. The van der Waals surface area contributed by atoms with E-state index in [-0.39, 0.29) is 6.04 Å². The van der Waals surface area contributed by atoms with E-state index in [0.717, 1.165) is 18.4 Å². The van der Waals surface area contributed by atoms with Crippen molar-refractivity contribution in [3.05, 3.63) is 0 Å². The Morgan fingerprint density at radius 3 is 2.78 bits per heavy atom. The van der Waals surface area contributed by atoms with E-state index in [9.17, 15) is 0 Å². The summed E-state index contributed by atoms with van der Waals surface area (Å²) in [4.78, 5) is 2.17. The van der Waals surface area contributed by atoms with Gasteiger partial charge < -0.3 is 0 Å². The molecule has 0 aromatic heterocycles. The maximum atomic E-state index is 8.64. The third kappa shape index (κ3) is 0.585. The highest BCUT2D eigenvalue weighted by Crippen LogP contribution is 2.48. The van der Waals surface area contributed by atoms with Gasteiger partial charge in [-0.05, 0) is 25.3 Å². The standard InChI is InChI=1S/C7H10N2/c1-9-4-5-2-6(5)7(9)3-8/h5-7H,2,4H2,1H3/t5?,6?,7-/m1/s1. The minimum Gasteiger partial charge on any atom is -0.291 e. The summed E-state index contributed by atoms with van der Waals surface area (Å²) < 4.78 is 0. The third-order valence-electron chi connectivity index (χ3n) is 2.51. The lowest BCUT2D eigenvalue weighted by atomic mass is 10.2. The van der Waals surface area contributed by atoms with Gasteiger partial charge in [-0.1, -0.05) is 0 Å². The predicted octanol–water partition coefficient (Wildman–Crippen LogP) is 0.460. The van der Waals surface area contributed by atoms with Crippen molar-refractivity contribution in [3.63, 3.8) is 0 Å². The first-order valence-electron chi connectivity index (χ1n) is 3.43. The number of piperidine rings is 1. The highest BCUT2D eigenvalue weighted by atomic mass is 15.2. The Balaban J connectivity index is 2.13. The molecule has 2 heteroatoms. The van der Waals surface area contributed by atoms with Crippen LogP contribution in [0.5, 0.6) is 0 Å². The first kappa shape index (κ1) is 5.25. The van der Waals surface area contributed by atoms with Gasteiger partial charge in [0.25, 0.3) is 0 Å². The molecule has 1 heterocycles. The summed E-state index contributed by atoms with van der Waals surface area (Å²) >= 11 is 0. The number of nitriles is 1. The van der Waals surface area contributed by atoms with Gasteiger partial charge in [-0.2, -0.15) is 5.26 Å². The fraction of sp³-hybridized carbons (Fsp3) is 0.857. The Kier molecular flexibility index (Phi) is 0.866. The molecular weight excluding hydrogens is 112 g/mol. The molecule has 0 radical (unpaired) electrons. The molecule has 2 aliphatic rings. The molecule has 0 N–H and O–H groups in total. The molecule has 0 spiro atoms. The van der Waals surface area contributed by atoms with Crippen LogP contribution in [0.3, 0.4) is 0 Å². The van der Waals surface area contributed by atoms with Crippen molar-refractivity contribution in [2.24, 2.45) is 11.8 Å². The van der Waals surface area contributed by atoms with E-state index in [1.54, 1.807) is 0 Å². The van der Waals surface area contributed by atoms with Crippen molar-refractivity contribution < 1.29 is 0 Å². The van der Waals surface area contributed by atoms with Crippen LogP contribution in [0.2, 0.25) is 0 Å². The van der Waals surface area contributed by atoms with Gasteiger partial charge in [0.1, 0.15) is 6.04 Å². The molecule has 2 nitrogen and oxygen atoms in total. The maximum Gasteiger partial charge on any atom is 0.101 e. The summed E-state index contributed by atoms with van der Waals surface area (Å²) in [5, 5.41) is 8.64. The second-order valence-corrected chi connectivity index (χ2v) is 3.17. The van der Waals surface area contributed by atoms with Crippen molar-refractivity contribution in [2.75, 3.05) is 13.6 Å². The van der Waals surface area contributed by atoms with E-state index in [1.807, 2.05) is 7.05 Å².